The molecule has 2 rings (SSSR count). The summed E-state index contributed by atoms with van der Waals surface area (Å²) in [6.45, 7) is 1.41. The van der Waals surface area contributed by atoms with Crippen LogP contribution in [0.4, 0.5) is 0 Å². The van der Waals surface area contributed by atoms with E-state index in [-0.39, 0.29) is 17.4 Å². The molecule has 0 aliphatic heterocycles. The van der Waals surface area contributed by atoms with Crippen LogP contribution in [0.2, 0.25) is 10.0 Å². The first kappa shape index (κ1) is 17.7. The number of carbonyl (C=O) groups is 2. The van der Waals surface area contributed by atoms with E-state index in [1.165, 1.54) is 36.5 Å². The molecule has 0 radical (unpaired) electrons. The lowest BCUT2D eigenvalue weighted by Gasteiger charge is -2.27. The van der Waals surface area contributed by atoms with Gasteiger partial charge in [-0.3, -0.25) is 4.79 Å². The molecule has 0 saturated heterocycles. The van der Waals surface area contributed by atoms with Gasteiger partial charge in [0.05, 0.1) is 21.2 Å². The van der Waals surface area contributed by atoms with E-state index in [9.17, 15) is 14.7 Å². The Morgan fingerprint density at radius 2 is 2.09 bits per heavy atom. The van der Waals surface area contributed by atoms with Crippen LogP contribution >= 0.6 is 34.5 Å². The van der Waals surface area contributed by atoms with Crippen molar-refractivity contribution in [3.05, 3.63) is 50.4 Å². The van der Waals surface area contributed by atoms with E-state index >= 15 is 0 Å². The van der Waals surface area contributed by atoms with Gasteiger partial charge in [0.2, 0.25) is 5.91 Å². The van der Waals surface area contributed by atoms with Gasteiger partial charge in [0.25, 0.3) is 0 Å². The summed E-state index contributed by atoms with van der Waals surface area (Å²) < 4.78 is 0. The van der Waals surface area contributed by atoms with Gasteiger partial charge in [0.15, 0.2) is 5.54 Å². The lowest BCUT2D eigenvalue weighted by atomic mass is 9.91. The number of rotatable bonds is 6. The molecule has 0 aliphatic carbocycles. The highest BCUT2D eigenvalue weighted by Gasteiger charge is 2.37. The van der Waals surface area contributed by atoms with Gasteiger partial charge in [0, 0.05) is 11.8 Å². The molecule has 0 saturated carbocycles. The molecule has 0 spiro atoms. The van der Waals surface area contributed by atoms with Crippen LogP contribution in [0.25, 0.3) is 0 Å². The zero-order valence-corrected chi connectivity index (χ0v) is 14.5. The molecule has 2 aromatic rings. The quantitative estimate of drug-likeness (QED) is 0.812. The molecule has 2 N–H and O–H groups in total. The van der Waals surface area contributed by atoms with E-state index in [1.54, 1.807) is 5.51 Å². The second kappa shape index (κ2) is 7.29. The topological polar surface area (TPSA) is 79.3 Å². The Morgan fingerprint density at radius 3 is 2.65 bits per heavy atom. The van der Waals surface area contributed by atoms with E-state index in [4.69, 9.17) is 23.2 Å². The Bertz CT molecular complexity index is 722. The van der Waals surface area contributed by atoms with Crippen molar-refractivity contribution >= 4 is 46.4 Å². The average molecular weight is 373 g/mol. The van der Waals surface area contributed by atoms with Crippen molar-refractivity contribution < 1.29 is 14.7 Å². The third kappa shape index (κ3) is 4.22. The first-order chi connectivity index (χ1) is 10.8. The number of hydrogen-bond donors (Lipinski definition) is 2. The number of benzene rings is 1. The average Bonchev–Trinajstić information content (AvgIpc) is 3.01. The van der Waals surface area contributed by atoms with E-state index < -0.39 is 11.5 Å². The number of carboxylic acid groups (broad SMARTS) is 1. The number of halogens is 2. The second-order valence-corrected chi connectivity index (χ2v) is 6.62. The maximum absolute atomic E-state index is 12.1. The molecule has 1 unspecified atom stereocenters. The Kier molecular flexibility index (Phi) is 5.62. The lowest BCUT2D eigenvalue weighted by molar-refractivity contribution is -0.147. The predicted octanol–water partition coefficient (Wildman–Crippen LogP) is 3.50. The van der Waals surface area contributed by atoms with Gasteiger partial charge < -0.3 is 10.4 Å². The van der Waals surface area contributed by atoms with E-state index in [0.29, 0.717) is 17.0 Å². The van der Waals surface area contributed by atoms with Crippen LogP contribution in [0.1, 0.15) is 24.6 Å². The summed E-state index contributed by atoms with van der Waals surface area (Å²) in [6.07, 6.45) is 0.598. The summed E-state index contributed by atoms with van der Waals surface area (Å²) in [5.74, 6) is -1.56. The number of carbonyl (C=O) groups excluding carboxylic acids is 1. The fraction of sp³-hybridized carbons (Fsp3) is 0.267. The molecule has 1 heterocycles. The maximum Gasteiger partial charge on any atom is 0.333 e. The zero-order valence-electron chi connectivity index (χ0n) is 12.2. The van der Waals surface area contributed by atoms with Crippen molar-refractivity contribution in [1.82, 2.24) is 10.3 Å². The number of hydrogen-bond acceptors (Lipinski definition) is 4. The normalized spacial score (nSPS) is 13.3. The first-order valence-electron chi connectivity index (χ1n) is 6.70. The molecular formula is C15H14Cl2N2O3S. The molecule has 1 atom stereocenters. The summed E-state index contributed by atoms with van der Waals surface area (Å²) in [7, 11) is 0. The molecule has 0 bridgehead atoms. The van der Waals surface area contributed by atoms with E-state index in [0.717, 1.165) is 5.69 Å². The van der Waals surface area contributed by atoms with Gasteiger partial charge >= 0.3 is 5.97 Å². The van der Waals surface area contributed by atoms with Crippen LogP contribution in [0.5, 0.6) is 0 Å². The van der Waals surface area contributed by atoms with Gasteiger partial charge in [-0.05, 0) is 31.0 Å². The largest absolute Gasteiger partial charge is 0.479 e. The number of aliphatic carboxylic acids is 1. The van der Waals surface area contributed by atoms with Crippen LogP contribution < -0.4 is 5.32 Å². The number of nitrogens with zero attached hydrogens (tertiary/aromatic N) is 1. The van der Waals surface area contributed by atoms with Gasteiger partial charge in [-0.2, -0.15) is 0 Å². The number of carboxylic acids is 1. The maximum atomic E-state index is 12.1. The van der Waals surface area contributed by atoms with Gasteiger partial charge in [0.1, 0.15) is 0 Å². The van der Waals surface area contributed by atoms with Gasteiger partial charge in [-0.15, -0.1) is 11.3 Å². The van der Waals surface area contributed by atoms with Crippen LogP contribution in [-0.2, 0) is 21.5 Å². The van der Waals surface area contributed by atoms with Crippen LogP contribution in [-0.4, -0.2) is 22.0 Å². The monoisotopic (exact) mass is 372 g/mol. The highest BCUT2D eigenvalue weighted by atomic mass is 35.5. The summed E-state index contributed by atoms with van der Waals surface area (Å²) in [6, 6.07) is 4.48. The molecular weight excluding hydrogens is 359 g/mol. The Hall–Kier alpha value is -1.63. The standard InChI is InChI=1S/C15H14Cl2N2O3S/c1-15(14(21)22,9-2-4-11(16)12(17)6-9)19-13(20)5-3-10-7-23-8-18-10/h2,4,6-8H,3,5H2,1H3,(H,19,20)(H,21,22). The summed E-state index contributed by atoms with van der Waals surface area (Å²) in [4.78, 5) is 27.9. The fourth-order valence-electron chi connectivity index (χ4n) is 2.00. The molecule has 5 nitrogen and oxygen atoms in total. The summed E-state index contributed by atoms with van der Waals surface area (Å²) in [5, 5.41) is 14.5. The number of aromatic nitrogens is 1. The minimum Gasteiger partial charge on any atom is -0.479 e. The molecule has 0 fully saturated rings. The van der Waals surface area contributed by atoms with Crippen molar-refractivity contribution in [3.8, 4) is 0 Å². The number of aryl methyl sites for hydroxylation is 1. The van der Waals surface area contributed by atoms with Crippen LogP contribution in [0.3, 0.4) is 0 Å². The van der Waals surface area contributed by atoms with E-state index in [2.05, 4.69) is 10.3 Å². The highest BCUT2D eigenvalue weighted by molar-refractivity contribution is 7.07. The number of nitrogens with one attached hydrogen (secondary N) is 1. The SMILES string of the molecule is CC(NC(=O)CCc1cscn1)(C(=O)O)c1ccc(Cl)c(Cl)c1. The number of amides is 1. The minimum atomic E-state index is -1.59. The molecule has 1 aromatic heterocycles. The Morgan fingerprint density at radius 1 is 1.35 bits per heavy atom. The highest BCUT2D eigenvalue weighted by Crippen LogP contribution is 2.29. The molecule has 1 amide bonds. The summed E-state index contributed by atoms with van der Waals surface area (Å²) in [5.41, 5.74) is 1.25. The van der Waals surface area contributed by atoms with Gasteiger partial charge in [-0.25, -0.2) is 9.78 Å². The number of thiazole rings is 1. The van der Waals surface area contributed by atoms with Crippen molar-refractivity contribution in [2.24, 2.45) is 0 Å². The van der Waals surface area contributed by atoms with Crippen LogP contribution in [0.15, 0.2) is 29.1 Å². The molecule has 23 heavy (non-hydrogen) atoms. The van der Waals surface area contributed by atoms with Crippen molar-refractivity contribution in [2.75, 3.05) is 0 Å². The van der Waals surface area contributed by atoms with E-state index in [1.807, 2.05) is 5.38 Å². The fourth-order valence-corrected chi connectivity index (χ4v) is 2.89. The zero-order chi connectivity index (χ0) is 17.0. The lowest BCUT2D eigenvalue weighted by Crippen LogP contribution is -2.49. The van der Waals surface area contributed by atoms with Crippen molar-refractivity contribution in [3.63, 3.8) is 0 Å². The molecule has 1 aromatic carbocycles. The van der Waals surface area contributed by atoms with Crippen LogP contribution in [0, 0.1) is 0 Å². The molecule has 8 heteroatoms. The predicted molar refractivity (Wildman–Crippen MR) is 90.0 cm³/mol. The first-order valence-corrected chi connectivity index (χ1v) is 8.40. The van der Waals surface area contributed by atoms with Gasteiger partial charge in [-0.1, -0.05) is 29.3 Å². The third-order valence-corrected chi connectivity index (χ3v) is 4.78. The minimum absolute atomic E-state index is 0.147. The smallest absolute Gasteiger partial charge is 0.333 e. The molecule has 122 valence electrons. The third-order valence-electron chi connectivity index (χ3n) is 3.41. The summed E-state index contributed by atoms with van der Waals surface area (Å²) >= 11 is 13.2. The van der Waals surface area contributed by atoms with Crippen molar-refractivity contribution in [2.45, 2.75) is 25.3 Å². The Labute approximate surface area is 147 Å². The molecule has 0 aliphatic rings. The van der Waals surface area contributed by atoms with Crippen molar-refractivity contribution in [1.29, 1.82) is 0 Å². The second-order valence-electron chi connectivity index (χ2n) is 5.09. The Balaban J connectivity index is 2.14.